The molecule has 13 heavy (non-hydrogen) atoms. The predicted octanol–water partition coefficient (Wildman–Crippen LogP) is -0.593. The minimum absolute atomic E-state index is 0.0693. The van der Waals surface area contributed by atoms with Crippen LogP contribution in [0.3, 0.4) is 0 Å². The van der Waals surface area contributed by atoms with E-state index >= 15 is 0 Å². The Morgan fingerprint density at radius 1 is 1.46 bits per heavy atom. The molecule has 0 aromatic heterocycles. The third kappa shape index (κ3) is 1.78. The molecule has 0 aromatic rings. The highest BCUT2D eigenvalue weighted by Gasteiger charge is 2.44. The van der Waals surface area contributed by atoms with Gasteiger partial charge in [0, 0.05) is 6.54 Å². The molecule has 0 spiro atoms. The second kappa shape index (κ2) is 3.71. The van der Waals surface area contributed by atoms with Crippen LogP contribution in [0.5, 0.6) is 0 Å². The fourth-order valence-electron chi connectivity index (χ4n) is 1.34. The maximum atomic E-state index is 10.7. The average molecular weight is 189 g/mol. The molecule has 1 heterocycles. The Balaban J connectivity index is 2.78. The topological polar surface area (TPSA) is 87.1 Å². The molecule has 2 unspecified atom stereocenters. The maximum absolute atomic E-state index is 10.7. The molecule has 74 valence electrons. The van der Waals surface area contributed by atoms with Gasteiger partial charge >= 0.3 is 11.9 Å². The van der Waals surface area contributed by atoms with Crippen LogP contribution in [0.4, 0.5) is 0 Å². The standard InChI is InChI=1S/C7H11NO5/c1-2-8-5(7(11)12)4(3-13-8)6(9)10/h4-5H,2-3H2,1H3,(H,9,10)(H,11,12). The van der Waals surface area contributed by atoms with Gasteiger partial charge in [0.05, 0.1) is 6.61 Å². The van der Waals surface area contributed by atoms with E-state index in [1.165, 1.54) is 5.06 Å². The lowest BCUT2D eigenvalue weighted by Gasteiger charge is -2.18. The Labute approximate surface area is 74.7 Å². The largest absolute Gasteiger partial charge is 0.481 e. The van der Waals surface area contributed by atoms with Crippen molar-refractivity contribution >= 4 is 11.9 Å². The lowest BCUT2D eigenvalue weighted by molar-refractivity contribution is -0.165. The lowest BCUT2D eigenvalue weighted by Crippen LogP contribution is -2.41. The van der Waals surface area contributed by atoms with Gasteiger partial charge in [-0.25, -0.2) is 0 Å². The molecule has 0 aliphatic carbocycles. The number of likely N-dealkylation sites (N-methyl/N-ethyl adjacent to an activating group) is 1. The zero-order valence-corrected chi connectivity index (χ0v) is 7.14. The van der Waals surface area contributed by atoms with Crippen LogP contribution >= 0.6 is 0 Å². The number of hydrogen-bond acceptors (Lipinski definition) is 4. The Bertz CT molecular complexity index is 229. The Morgan fingerprint density at radius 3 is 2.46 bits per heavy atom. The Morgan fingerprint density at radius 2 is 2.08 bits per heavy atom. The van der Waals surface area contributed by atoms with Crippen LogP contribution in [0.2, 0.25) is 0 Å². The molecule has 0 aromatic carbocycles. The number of carbonyl (C=O) groups is 2. The number of aliphatic carboxylic acids is 2. The van der Waals surface area contributed by atoms with Gasteiger partial charge in [-0.1, -0.05) is 6.92 Å². The van der Waals surface area contributed by atoms with Gasteiger partial charge in [0.1, 0.15) is 12.0 Å². The predicted molar refractivity (Wildman–Crippen MR) is 40.9 cm³/mol. The summed E-state index contributed by atoms with van der Waals surface area (Å²) in [4.78, 5) is 26.2. The van der Waals surface area contributed by atoms with Gasteiger partial charge in [-0.15, -0.1) is 0 Å². The summed E-state index contributed by atoms with van der Waals surface area (Å²) >= 11 is 0. The molecule has 2 atom stereocenters. The van der Waals surface area contributed by atoms with Crippen molar-refractivity contribution in [2.24, 2.45) is 5.92 Å². The first kappa shape index (κ1) is 9.94. The zero-order valence-electron chi connectivity index (χ0n) is 7.14. The highest BCUT2D eigenvalue weighted by atomic mass is 16.7. The van der Waals surface area contributed by atoms with Crippen molar-refractivity contribution in [2.75, 3.05) is 13.2 Å². The number of carboxylic acids is 2. The molecule has 0 radical (unpaired) electrons. The van der Waals surface area contributed by atoms with Crippen molar-refractivity contribution in [1.82, 2.24) is 5.06 Å². The van der Waals surface area contributed by atoms with E-state index in [9.17, 15) is 9.59 Å². The van der Waals surface area contributed by atoms with Crippen LogP contribution in [-0.2, 0) is 14.4 Å². The minimum Gasteiger partial charge on any atom is -0.481 e. The molecule has 1 fully saturated rings. The molecule has 6 nitrogen and oxygen atoms in total. The van der Waals surface area contributed by atoms with Gasteiger partial charge < -0.3 is 10.2 Å². The first-order valence-electron chi connectivity index (χ1n) is 3.93. The molecule has 1 aliphatic rings. The van der Waals surface area contributed by atoms with E-state index in [2.05, 4.69) is 0 Å². The lowest BCUT2D eigenvalue weighted by atomic mass is 10.0. The van der Waals surface area contributed by atoms with Crippen LogP contribution in [-0.4, -0.2) is 46.4 Å². The summed E-state index contributed by atoms with van der Waals surface area (Å²) in [7, 11) is 0. The SMILES string of the molecule is CCN1OCC(C(=O)O)C1C(=O)O. The molecule has 6 heteroatoms. The summed E-state index contributed by atoms with van der Waals surface area (Å²) in [6.07, 6.45) is 0. The van der Waals surface area contributed by atoms with Gasteiger partial charge in [0.15, 0.2) is 0 Å². The van der Waals surface area contributed by atoms with E-state index < -0.39 is 23.9 Å². The molecular weight excluding hydrogens is 178 g/mol. The highest BCUT2D eigenvalue weighted by molar-refractivity contribution is 5.83. The number of rotatable bonds is 3. The molecule has 2 N–H and O–H groups in total. The van der Waals surface area contributed by atoms with E-state index in [4.69, 9.17) is 15.1 Å². The normalized spacial score (nSPS) is 29.0. The quantitative estimate of drug-likeness (QED) is 0.616. The molecule has 1 saturated heterocycles. The molecule has 0 bridgehead atoms. The zero-order chi connectivity index (χ0) is 10.0. The summed E-state index contributed by atoms with van der Waals surface area (Å²) in [5, 5.41) is 18.6. The minimum atomic E-state index is -1.16. The van der Waals surface area contributed by atoms with Crippen LogP contribution < -0.4 is 0 Å². The molecular formula is C7H11NO5. The van der Waals surface area contributed by atoms with Gasteiger partial charge in [-0.3, -0.25) is 14.4 Å². The molecule has 0 saturated carbocycles. The van der Waals surface area contributed by atoms with Crippen LogP contribution in [0, 0.1) is 5.92 Å². The summed E-state index contributed by atoms with van der Waals surface area (Å²) in [6.45, 7) is 2.00. The van der Waals surface area contributed by atoms with Gasteiger partial charge in [0.2, 0.25) is 0 Å². The van der Waals surface area contributed by atoms with Gasteiger partial charge in [-0.2, -0.15) is 5.06 Å². The third-order valence-corrected chi connectivity index (χ3v) is 1.99. The van der Waals surface area contributed by atoms with Crippen LogP contribution in [0.1, 0.15) is 6.92 Å². The first-order chi connectivity index (χ1) is 6.07. The van der Waals surface area contributed by atoms with E-state index in [1.807, 2.05) is 0 Å². The monoisotopic (exact) mass is 189 g/mol. The summed E-state index contributed by atoms with van der Waals surface area (Å²) in [6, 6.07) is -1.07. The smallest absolute Gasteiger partial charge is 0.324 e. The second-order valence-electron chi connectivity index (χ2n) is 2.76. The fourth-order valence-corrected chi connectivity index (χ4v) is 1.34. The van der Waals surface area contributed by atoms with Crippen LogP contribution in [0.15, 0.2) is 0 Å². The number of carboxylic acid groups (broad SMARTS) is 2. The molecule has 1 aliphatic heterocycles. The van der Waals surface area contributed by atoms with Crippen molar-refractivity contribution in [1.29, 1.82) is 0 Å². The van der Waals surface area contributed by atoms with Crippen molar-refractivity contribution in [2.45, 2.75) is 13.0 Å². The van der Waals surface area contributed by atoms with Gasteiger partial charge in [-0.05, 0) is 0 Å². The van der Waals surface area contributed by atoms with Crippen molar-refractivity contribution in [3.63, 3.8) is 0 Å². The van der Waals surface area contributed by atoms with Crippen molar-refractivity contribution < 1.29 is 24.6 Å². The summed E-state index contributed by atoms with van der Waals surface area (Å²) in [5.74, 6) is -3.27. The number of hydroxylamine groups is 2. The van der Waals surface area contributed by atoms with Crippen molar-refractivity contribution in [3.8, 4) is 0 Å². The van der Waals surface area contributed by atoms with E-state index in [-0.39, 0.29) is 6.61 Å². The summed E-state index contributed by atoms with van der Waals surface area (Å²) < 4.78 is 0. The number of hydrogen-bond donors (Lipinski definition) is 2. The molecule has 1 rings (SSSR count). The van der Waals surface area contributed by atoms with Crippen LogP contribution in [0.25, 0.3) is 0 Å². The average Bonchev–Trinajstić information content (AvgIpc) is 2.46. The first-order valence-corrected chi connectivity index (χ1v) is 3.93. The second-order valence-corrected chi connectivity index (χ2v) is 2.76. The Kier molecular flexibility index (Phi) is 2.84. The van der Waals surface area contributed by atoms with E-state index in [0.717, 1.165) is 0 Å². The highest BCUT2D eigenvalue weighted by Crippen LogP contribution is 2.21. The van der Waals surface area contributed by atoms with Crippen molar-refractivity contribution in [3.05, 3.63) is 0 Å². The van der Waals surface area contributed by atoms with E-state index in [0.29, 0.717) is 6.54 Å². The maximum Gasteiger partial charge on any atom is 0.324 e. The number of nitrogens with zero attached hydrogens (tertiary/aromatic N) is 1. The van der Waals surface area contributed by atoms with Gasteiger partial charge in [0.25, 0.3) is 0 Å². The molecule has 0 amide bonds. The fraction of sp³-hybridized carbons (Fsp3) is 0.714. The summed E-state index contributed by atoms with van der Waals surface area (Å²) in [5.41, 5.74) is 0. The third-order valence-electron chi connectivity index (χ3n) is 1.99. The Hall–Kier alpha value is -1.14. The van der Waals surface area contributed by atoms with E-state index in [1.54, 1.807) is 6.92 Å².